The van der Waals surface area contributed by atoms with Gasteiger partial charge in [-0.15, -0.1) is 11.3 Å². The maximum atomic E-state index is 14.0. The predicted octanol–water partition coefficient (Wildman–Crippen LogP) is 5.06. The Hall–Kier alpha value is -1.79. The fourth-order valence-electron chi connectivity index (χ4n) is 5.53. The maximum absolute atomic E-state index is 14.0. The number of thiophene rings is 1. The van der Waals surface area contributed by atoms with Gasteiger partial charge in [-0.1, -0.05) is 30.3 Å². The minimum absolute atomic E-state index is 0.0563. The van der Waals surface area contributed by atoms with Crippen molar-refractivity contribution in [3.63, 3.8) is 0 Å². The molecule has 0 radical (unpaired) electrons. The summed E-state index contributed by atoms with van der Waals surface area (Å²) in [4.78, 5) is 3.45. The molecule has 30 heavy (non-hydrogen) atoms. The largest absolute Gasteiger partial charge is 0.385 e. The van der Waals surface area contributed by atoms with E-state index < -0.39 is 5.60 Å². The highest BCUT2D eigenvalue weighted by Crippen LogP contribution is 2.55. The first kappa shape index (κ1) is 20.1. The highest BCUT2D eigenvalue weighted by atomic mass is 32.1. The molecule has 3 unspecified atom stereocenters. The lowest BCUT2D eigenvalue weighted by Gasteiger charge is -2.51. The Kier molecular flexibility index (Phi) is 4.98. The van der Waals surface area contributed by atoms with Crippen molar-refractivity contribution in [2.75, 3.05) is 27.2 Å². The van der Waals surface area contributed by atoms with Crippen molar-refractivity contribution in [1.82, 2.24) is 4.90 Å². The summed E-state index contributed by atoms with van der Waals surface area (Å²) >= 11 is 1.84. The summed E-state index contributed by atoms with van der Waals surface area (Å²) in [6, 6.07) is 15.1. The van der Waals surface area contributed by atoms with Gasteiger partial charge in [0.05, 0.1) is 12.2 Å². The summed E-state index contributed by atoms with van der Waals surface area (Å²) < 4.78 is 21.8. The van der Waals surface area contributed by atoms with Crippen molar-refractivity contribution in [1.29, 1.82) is 0 Å². The summed E-state index contributed by atoms with van der Waals surface area (Å²) in [6.45, 7) is 1.43. The molecule has 1 N–H and O–H groups in total. The van der Waals surface area contributed by atoms with Crippen molar-refractivity contribution < 1.29 is 14.2 Å². The Morgan fingerprint density at radius 1 is 1.17 bits per heavy atom. The van der Waals surface area contributed by atoms with Crippen LogP contribution in [-0.2, 0) is 22.4 Å². The van der Waals surface area contributed by atoms with Crippen LogP contribution in [0, 0.1) is 11.7 Å². The van der Waals surface area contributed by atoms with Crippen LogP contribution in [0.5, 0.6) is 0 Å². The van der Waals surface area contributed by atoms with Gasteiger partial charge >= 0.3 is 0 Å². The van der Waals surface area contributed by atoms with Gasteiger partial charge in [0.2, 0.25) is 0 Å². The molecular weight excluding hydrogens is 397 g/mol. The van der Waals surface area contributed by atoms with E-state index in [1.807, 2.05) is 31.5 Å². The molecule has 2 aliphatic rings. The molecule has 158 valence electrons. The van der Waals surface area contributed by atoms with Gasteiger partial charge in [-0.2, -0.15) is 0 Å². The minimum Gasteiger partial charge on any atom is -0.385 e. The first-order chi connectivity index (χ1) is 14.4. The van der Waals surface area contributed by atoms with Gasteiger partial charge < -0.3 is 14.7 Å². The van der Waals surface area contributed by atoms with Crippen molar-refractivity contribution in [2.24, 2.45) is 5.92 Å². The molecule has 0 saturated heterocycles. The Bertz CT molecular complexity index is 1080. The van der Waals surface area contributed by atoms with Crippen molar-refractivity contribution in [3.8, 4) is 0 Å². The second kappa shape index (κ2) is 7.41. The third kappa shape index (κ3) is 3.19. The highest BCUT2D eigenvalue weighted by Gasteiger charge is 2.53. The zero-order valence-corrected chi connectivity index (χ0v) is 18.3. The number of halogens is 1. The molecule has 1 fully saturated rings. The zero-order chi connectivity index (χ0) is 20.9. The molecule has 1 aromatic heterocycles. The maximum Gasteiger partial charge on any atom is 0.123 e. The second-order valence-corrected chi connectivity index (χ2v) is 10.1. The molecule has 2 aromatic carbocycles. The Labute approximate surface area is 181 Å². The van der Waals surface area contributed by atoms with Gasteiger partial charge in [0.25, 0.3) is 0 Å². The standard InChI is InChI=1S/C25H28FNO2S/c1-27(2)16-18-15-24(11-12-25(18,28)17-6-5-7-19(26)14-17)23-21(10-13-29-24)20-8-3-4-9-22(20)30-23/h3-9,14,18,28H,10-13,15-16H2,1-2H3. The molecule has 5 rings (SSSR count). The van der Waals surface area contributed by atoms with E-state index >= 15 is 0 Å². The van der Waals surface area contributed by atoms with Gasteiger partial charge in [0.15, 0.2) is 0 Å². The number of hydrogen-bond donors (Lipinski definition) is 1. The Morgan fingerprint density at radius 2 is 2.00 bits per heavy atom. The van der Waals surface area contributed by atoms with Crippen LogP contribution in [0.1, 0.15) is 35.3 Å². The molecule has 3 aromatic rings. The minimum atomic E-state index is -1.06. The van der Waals surface area contributed by atoms with Gasteiger partial charge in [0.1, 0.15) is 11.4 Å². The molecule has 1 saturated carbocycles. The molecular formula is C25H28FNO2S. The molecule has 1 aliphatic heterocycles. The van der Waals surface area contributed by atoms with E-state index in [0.29, 0.717) is 18.6 Å². The van der Waals surface area contributed by atoms with E-state index in [0.717, 1.165) is 25.8 Å². The van der Waals surface area contributed by atoms with E-state index in [2.05, 4.69) is 29.2 Å². The van der Waals surface area contributed by atoms with Crippen LogP contribution in [-0.4, -0.2) is 37.3 Å². The first-order valence-electron chi connectivity index (χ1n) is 10.7. The number of fused-ring (bicyclic) bond motifs is 4. The van der Waals surface area contributed by atoms with Gasteiger partial charge in [0, 0.05) is 22.0 Å². The van der Waals surface area contributed by atoms with Crippen LogP contribution in [0.3, 0.4) is 0 Å². The van der Waals surface area contributed by atoms with Gasteiger partial charge in [-0.05, 0) is 74.5 Å². The van der Waals surface area contributed by atoms with E-state index in [9.17, 15) is 9.50 Å². The van der Waals surface area contributed by atoms with Crippen LogP contribution in [0.2, 0.25) is 0 Å². The number of aliphatic hydroxyl groups is 1. The average Bonchev–Trinajstić information content (AvgIpc) is 3.11. The summed E-state index contributed by atoms with van der Waals surface area (Å²) in [5.74, 6) is -0.357. The molecule has 0 bridgehead atoms. The van der Waals surface area contributed by atoms with Crippen LogP contribution < -0.4 is 0 Å². The Morgan fingerprint density at radius 3 is 2.80 bits per heavy atom. The highest BCUT2D eigenvalue weighted by molar-refractivity contribution is 7.19. The van der Waals surface area contributed by atoms with Crippen molar-refractivity contribution >= 4 is 21.4 Å². The smallest absolute Gasteiger partial charge is 0.123 e. The Balaban J connectivity index is 1.58. The normalized spacial score (nSPS) is 28.9. The number of hydrogen-bond acceptors (Lipinski definition) is 4. The van der Waals surface area contributed by atoms with E-state index in [4.69, 9.17) is 4.74 Å². The fraction of sp³-hybridized carbons (Fsp3) is 0.440. The monoisotopic (exact) mass is 425 g/mol. The fourth-order valence-corrected chi connectivity index (χ4v) is 6.96. The average molecular weight is 426 g/mol. The van der Waals surface area contributed by atoms with Gasteiger partial charge in [-0.3, -0.25) is 0 Å². The number of rotatable bonds is 3. The lowest BCUT2D eigenvalue weighted by Crippen LogP contribution is -2.51. The summed E-state index contributed by atoms with van der Waals surface area (Å²) in [5, 5.41) is 13.2. The van der Waals surface area contributed by atoms with Crippen LogP contribution >= 0.6 is 11.3 Å². The topological polar surface area (TPSA) is 32.7 Å². The number of nitrogens with zero attached hydrogens (tertiary/aromatic N) is 1. The third-order valence-electron chi connectivity index (χ3n) is 6.91. The third-order valence-corrected chi connectivity index (χ3v) is 8.31. The molecule has 2 heterocycles. The van der Waals surface area contributed by atoms with E-state index in [-0.39, 0.29) is 17.3 Å². The SMILES string of the molecule is CN(C)CC1CC2(CCC1(O)c1cccc(F)c1)OCCc1c2sc2ccccc12. The molecule has 1 spiro atoms. The molecule has 3 nitrogen and oxygen atoms in total. The first-order valence-corrected chi connectivity index (χ1v) is 11.5. The second-order valence-electron chi connectivity index (χ2n) is 9.10. The van der Waals surface area contributed by atoms with Crippen LogP contribution in [0.25, 0.3) is 10.1 Å². The van der Waals surface area contributed by atoms with Gasteiger partial charge in [-0.25, -0.2) is 4.39 Å². The molecule has 5 heteroatoms. The van der Waals surface area contributed by atoms with Crippen LogP contribution in [0.15, 0.2) is 48.5 Å². The van der Waals surface area contributed by atoms with Crippen LogP contribution in [0.4, 0.5) is 4.39 Å². The number of ether oxygens (including phenoxy) is 1. The van der Waals surface area contributed by atoms with E-state index in [1.54, 1.807) is 6.07 Å². The zero-order valence-electron chi connectivity index (χ0n) is 17.5. The molecule has 3 atom stereocenters. The van der Waals surface area contributed by atoms with Crippen molar-refractivity contribution in [2.45, 2.75) is 36.9 Å². The predicted molar refractivity (Wildman–Crippen MR) is 119 cm³/mol. The summed E-state index contributed by atoms with van der Waals surface area (Å²) in [5.41, 5.74) is 0.672. The number of benzene rings is 2. The summed E-state index contributed by atoms with van der Waals surface area (Å²) in [7, 11) is 4.06. The van der Waals surface area contributed by atoms with E-state index in [1.165, 1.54) is 32.7 Å². The molecule has 0 amide bonds. The molecule has 1 aliphatic carbocycles. The summed E-state index contributed by atoms with van der Waals surface area (Å²) in [6.07, 6.45) is 2.97. The van der Waals surface area contributed by atoms with Crippen molar-refractivity contribution in [3.05, 3.63) is 70.4 Å². The quantitative estimate of drug-likeness (QED) is 0.637. The lowest BCUT2D eigenvalue weighted by molar-refractivity contribution is -0.162. The lowest BCUT2D eigenvalue weighted by atomic mass is 9.64.